The molecule has 2 aliphatic rings. The van der Waals surface area contributed by atoms with E-state index in [0.717, 1.165) is 0 Å². The van der Waals surface area contributed by atoms with Gasteiger partial charge < -0.3 is 18.9 Å². The first-order valence-corrected chi connectivity index (χ1v) is 9.89. The van der Waals surface area contributed by atoms with Crippen molar-refractivity contribution >= 4 is 17.9 Å². The van der Waals surface area contributed by atoms with Crippen molar-refractivity contribution in [1.29, 1.82) is 0 Å². The van der Waals surface area contributed by atoms with Crippen LogP contribution in [0.2, 0.25) is 0 Å². The summed E-state index contributed by atoms with van der Waals surface area (Å²) in [5.41, 5.74) is 1.71. The highest BCUT2D eigenvalue weighted by atomic mass is 16.7. The summed E-state index contributed by atoms with van der Waals surface area (Å²) < 4.78 is 21.5. The Kier molecular flexibility index (Phi) is 6.25. The van der Waals surface area contributed by atoms with Gasteiger partial charge in [0.1, 0.15) is 6.61 Å². The number of aromatic nitrogens is 2. The third-order valence-electron chi connectivity index (χ3n) is 5.36. The van der Waals surface area contributed by atoms with Crippen molar-refractivity contribution < 1.29 is 33.3 Å². The molecule has 0 saturated carbocycles. The summed E-state index contributed by atoms with van der Waals surface area (Å²) in [5.74, 6) is -2.47. The molecule has 3 unspecified atom stereocenters. The molecule has 32 heavy (non-hydrogen) atoms. The number of ether oxygens (including phenoxy) is 4. The number of rotatable bonds is 6. The molecule has 4 rings (SSSR count). The zero-order valence-corrected chi connectivity index (χ0v) is 17.2. The normalized spacial score (nSPS) is 21.3. The molecule has 9 nitrogen and oxygen atoms in total. The minimum Gasteiger partial charge on any atom is -0.466 e. The fraction of sp³-hybridized carbons (Fsp3) is 0.261. The van der Waals surface area contributed by atoms with E-state index in [-0.39, 0.29) is 12.5 Å². The minimum absolute atomic E-state index is 0.0383. The van der Waals surface area contributed by atoms with Gasteiger partial charge in [0.25, 0.3) is 6.29 Å². The van der Waals surface area contributed by atoms with Gasteiger partial charge in [0.15, 0.2) is 0 Å². The number of pyridine rings is 2. The molecule has 3 atom stereocenters. The van der Waals surface area contributed by atoms with Crippen molar-refractivity contribution in [2.24, 2.45) is 11.8 Å². The van der Waals surface area contributed by atoms with Crippen molar-refractivity contribution in [1.82, 2.24) is 9.97 Å². The lowest BCUT2D eigenvalue weighted by molar-refractivity contribution is -0.142. The number of fused-ring (bicyclic) bond motifs is 1. The Bertz CT molecular complexity index is 1070. The third kappa shape index (κ3) is 4.36. The Morgan fingerprint density at radius 2 is 1.59 bits per heavy atom. The van der Waals surface area contributed by atoms with Crippen LogP contribution in [0.3, 0.4) is 0 Å². The largest absolute Gasteiger partial charge is 0.466 e. The maximum absolute atomic E-state index is 12.6. The maximum atomic E-state index is 12.6. The first-order valence-electron chi connectivity index (χ1n) is 9.89. The summed E-state index contributed by atoms with van der Waals surface area (Å²) >= 11 is 0. The summed E-state index contributed by atoms with van der Waals surface area (Å²) in [4.78, 5) is 44.9. The van der Waals surface area contributed by atoms with Gasteiger partial charge in [0.05, 0.1) is 36.0 Å². The molecule has 0 amide bonds. The van der Waals surface area contributed by atoms with Crippen LogP contribution in [-0.2, 0) is 23.7 Å². The Hall–Kier alpha value is -4.01. The number of methoxy groups -OCH3 is 1. The van der Waals surface area contributed by atoms with Crippen LogP contribution in [0.1, 0.15) is 27.1 Å². The quantitative estimate of drug-likeness (QED) is 0.383. The highest BCUT2D eigenvalue weighted by Crippen LogP contribution is 2.44. The molecule has 0 spiro atoms. The van der Waals surface area contributed by atoms with Crippen molar-refractivity contribution in [2.45, 2.75) is 12.7 Å². The third-order valence-corrected chi connectivity index (χ3v) is 5.36. The summed E-state index contributed by atoms with van der Waals surface area (Å²) in [5, 5.41) is 0. The average molecular weight is 436 g/mol. The molecule has 2 aromatic heterocycles. The van der Waals surface area contributed by atoms with E-state index in [9.17, 15) is 14.4 Å². The number of hydrogen-bond acceptors (Lipinski definition) is 9. The van der Waals surface area contributed by atoms with Crippen LogP contribution in [0.15, 0.2) is 72.5 Å². The highest BCUT2D eigenvalue weighted by Gasteiger charge is 2.46. The SMILES string of the molecule is COC(=O)C1=COC(OC(=O)c2ccncc2)C2C(COC(=O)c3ccncc3)=CCC12. The van der Waals surface area contributed by atoms with E-state index in [1.165, 1.54) is 50.3 Å². The molecule has 0 saturated heterocycles. The van der Waals surface area contributed by atoms with E-state index in [1.54, 1.807) is 12.1 Å². The second kappa shape index (κ2) is 9.42. The molecular formula is C23H20N2O7. The smallest absolute Gasteiger partial charge is 0.341 e. The molecule has 9 heteroatoms. The summed E-state index contributed by atoms with van der Waals surface area (Å²) in [6, 6.07) is 6.16. The van der Waals surface area contributed by atoms with E-state index in [2.05, 4.69) is 9.97 Å². The fourth-order valence-corrected chi connectivity index (χ4v) is 3.77. The van der Waals surface area contributed by atoms with E-state index in [1.807, 2.05) is 6.08 Å². The standard InChI is InChI=1S/C23H20N2O7/c1-29-22(28)18-13-31-23(32-21(27)15-6-10-25-11-7-15)19-16(2-3-17(18)19)12-30-20(26)14-4-8-24-9-5-14/h2,4-11,13,17,19,23H,3,12H2,1H3. The summed E-state index contributed by atoms with van der Waals surface area (Å²) in [7, 11) is 1.29. The predicted octanol–water partition coefficient (Wildman–Crippen LogP) is 2.47. The molecule has 0 bridgehead atoms. The van der Waals surface area contributed by atoms with Gasteiger partial charge >= 0.3 is 17.9 Å². The average Bonchev–Trinajstić information content (AvgIpc) is 3.27. The molecule has 1 aliphatic heterocycles. The second-order valence-corrected chi connectivity index (χ2v) is 7.17. The van der Waals surface area contributed by atoms with Crippen molar-refractivity contribution in [3.8, 4) is 0 Å². The Balaban J connectivity index is 1.52. The Morgan fingerprint density at radius 1 is 0.969 bits per heavy atom. The summed E-state index contributed by atoms with van der Waals surface area (Å²) in [6.45, 7) is -0.0383. The van der Waals surface area contributed by atoms with E-state index in [4.69, 9.17) is 18.9 Å². The maximum Gasteiger partial charge on any atom is 0.341 e. The fourth-order valence-electron chi connectivity index (χ4n) is 3.77. The molecule has 0 N–H and O–H groups in total. The number of esters is 3. The van der Waals surface area contributed by atoms with Crippen molar-refractivity contribution in [2.75, 3.05) is 13.7 Å². The predicted molar refractivity (Wildman–Crippen MR) is 109 cm³/mol. The van der Waals surface area contributed by atoms with Crippen LogP contribution in [0.5, 0.6) is 0 Å². The van der Waals surface area contributed by atoms with E-state index in [0.29, 0.717) is 28.7 Å². The zero-order valence-electron chi connectivity index (χ0n) is 17.2. The molecule has 0 radical (unpaired) electrons. The lowest BCUT2D eigenvalue weighted by Gasteiger charge is -2.34. The van der Waals surface area contributed by atoms with Crippen LogP contribution >= 0.6 is 0 Å². The summed E-state index contributed by atoms with van der Waals surface area (Å²) in [6.07, 6.45) is 8.59. The molecule has 3 heterocycles. The van der Waals surface area contributed by atoms with Gasteiger partial charge in [0.2, 0.25) is 0 Å². The van der Waals surface area contributed by atoms with Gasteiger partial charge in [-0.2, -0.15) is 0 Å². The molecule has 0 aromatic carbocycles. The van der Waals surface area contributed by atoms with Crippen LogP contribution in [-0.4, -0.2) is 47.9 Å². The first-order chi connectivity index (χ1) is 15.6. The van der Waals surface area contributed by atoms with Gasteiger partial charge in [-0.25, -0.2) is 14.4 Å². The lowest BCUT2D eigenvalue weighted by Crippen LogP contribution is -2.39. The van der Waals surface area contributed by atoms with Crippen molar-refractivity contribution in [3.05, 3.63) is 83.7 Å². The van der Waals surface area contributed by atoms with E-state index < -0.39 is 30.1 Å². The lowest BCUT2D eigenvalue weighted by atomic mass is 9.83. The minimum atomic E-state index is -0.998. The monoisotopic (exact) mass is 436 g/mol. The second-order valence-electron chi connectivity index (χ2n) is 7.17. The number of hydrogen-bond donors (Lipinski definition) is 0. The van der Waals surface area contributed by atoms with E-state index >= 15 is 0 Å². The first kappa shape index (κ1) is 21.2. The Labute approximate surface area is 183 Å². The van der Waals surface area contributed by atoms with Gasteiger partial charge in [-0.05, 0) is 36.3 Å². The molecule has 2 aromatic rings. The molecule has 1 aliphatic carbocycles. The van der Waals surface area contributed by atoms with Gasteiger partial charge in [-0.1, -0.05) is 6.08 Å². The van der Waals surface area contributed by atoms with Crippen molar-refractivity contribution in [3.63, 3.8) is 0 Å². The Morgan fingerprint density at radius 3 is 2.22 bits per heavy atom. The number of carbonyl (C=O) groups excluding carboxylic acids is 3. The topological polar surface area (TPSA) is 114 Å². The number of allylic oxidation sites excluding steroid dienone is 1. The van der Waals surface area contributed by atoms with Crippen LogP contribution < -0.4 is 0 Å². The van der Waals surface area contributed by atoms with Gasteiger partial charge in [-0.3, -0.25) is 9.97 Å². The van der Waals surface area contributed by atoms with Gasteiger partial charge in [-0.15, -0.1) is 0 Å². The number of carbonyl (C=O) groups is 3. The molecule has 0 fully saturated rings. The molecule has 164 valence electrons. The number of nitrogens with zero attached hydrogens (tertiary/aromatic N) is 2. The molecular weight excluding hydrogens is 416 g/mol. The highest BCUT2D eigenvalue weighted by molar-refractivity contribution is 5.90. The van der Waals surface area contributed by atoms with Crippen LogP contribution in [0.4, 0.5) is 0 Å². The van der Waals surface area contributed by atoms with Crippen LogP contribution in [0.25, 0.3) is 0 Å². The zero-order chi connectivity index (χ0) is 22.5. The van der Waals surface area contributed by atoms with Gasteiger partial charge in [0, 0.05) is 30.7 Å². The van der Waals surface area contributed by atoms with Crippen LogP contribution in [0, 0.1) is 11.8 Å².